The van der Waals surface area contributed by atoms with Crippen molar-refractivity contribution < 1.29 is 19.4 Å². The van der Waals surface area contributed by atoms with Crippen molar-refractivity contribution in [1.29, 1.82) is 0 Å². The van der Waals surface area contributed by atoms with Gasteiger partial charge in [-0.05, 0) is 24.5 Å². The van der Waals surface area contributed by atoms with Crippen LogP contribution in [0.4, 0.5) is 0 Å². The van der Waals surface area contributed by atoms with Crippen LogP contribution in [0.1, 0.15) is 24.2 Å². The van der Waals surface area contributed by atoms with E-state index in [4.69, 9.17) is 9.47 Å². The summed E-state index contributed by atoms with van der Waals surface area (Å²) in [6, 6.07) is 7.24. The highest BCUT2D eigenvalue weighted by Crippen LogP contribution is 2.16. The van der Waals surface area contributed by atoms with Gasteiger partial charge in [-0.3, -0.25) is 0 Å². The van der Waals surface area contributed by atoms with Crippen molar-refractivity contribution in [3.63, 3.8) is 0 Å². The fourth-order valence-electron chi connectivity index (χ4n) is 1.50. The monoisotopic (exact) mass is 238 g/mol. The summed E-state index contributed by atoms with van der Waals surface area (Å²) < 4.78 is 9.74. The molecule has 17 heavy (non-hydrogen) atoms. The van der Waals surface area contributed by atoms with Crippen LogP contribution in [0.15, 0.2) is 24.3 Å². The van der Waals surface area contributed by atoms with Gasteiger partial charge in [0.25, 0.3) is 0 Å². The molecule has 0 aromatic heterocycles. The third-order valence-electron chi connectivity index (χ3n) is 2.37. The Hall–Kier alpha value is -1.39. The van der Waals surface area contributed by atoms with Gasteiger partial charge in [0.2, 0.25) is 0 Å². The van der Waals surface area contributed by atoms with Crippen molar-refractivity contribution in [1.82, 2.24) is 0 Å². The highest BCUT2D eigenvalue weighted by atomic mass is 16.5. The van der Waals surface area contributed by atoms with E-state index in [9.17, 15) is 9.90 Å². The Morgan fingerprint density at radius 1 is 1.47 bits per heavy atom. The number of benzene rings is 1. The Bertz CT molecular complexity index is 362. The van der Waals surface area contributed by atoms with Crippen molar-refractivity contribution in [3.8, 4) is 0 Å². The Morgan fingerprint density at radius 3 is 2.88 bits per heavy atom. The zero-order valence-corrected chi connectivity index (χ0v) is 10.2. The zero-order valence-electron chi connectivity index (χ0n) is 10.2. The van der Waals surface area contributed by atoms with E-state index >= 15 is 0 Å². The molecular weight excluding hydrogens is 220 g/mol. The van der Waals surface area contributed by atoms with Crippen molar-refractivity contribution >= 4 is 5.97 Å². The molecule has 1 atom stereocenters. The first-order valence-corrected chi connectivity index (χ1v) is 5.61. The minimum absolute atomic E-state index is 0.263. The lowest BCUT2D eigenvalue weighted by Gasteiger charge is -2.11. The number of hydrogen-bond acceptors (Lipinski definition) is 4. The fraction of sp³-hybridized carbons (Fsp3) is 0.462. The molecule has 0 aliphatic rings. The molecular formula is C13H18O4. The quantitative estimate of drug-likeness (QED) is 0.762. The maximum Gasteiger partial charge on any atom is 0.339 e. The topological polar surface area (TPSA) is 55.8 Å². The van der Waals surface area contributed by atoms with Crippen LogP contribution in [0.25, 0.3) is 0 Å². The predicted molar refractivity (Wildman–Crippen MR) is 63.6 cm³/mol. The molecule has 0 amide bonds. The van der Waals surface area contributed by atoms with Gasteiger partial charge >= 0.3 is 5.97 Å². The van der Waals surface area contributed by atoms with Gasteiger partial charge in [-0.2, -0.15) is 0 Å². The lowest BCUT2D eigenvalue weighted by molar-refractivity contribution is -0.153. The van der Waals surface area contributed by atoms with Gasteiger partial charge < -0.3 is 14.6 Å². The molecule has 0 bridgehead atoms. The molecule has 1 unspecified atom stereocenters. The fourth-order valence-corrected chi connectivity index (χ4v) is 1.50. The van der Waals surface area contributed by atoms with Gasteiger partial charge in [0.1, 0.15) is 0 Å². The maximum atomic E-state index is 11.4. The predicted octanol–water partition coefficient (Wildman–Crippen LogP) is 1.47. The highest BCUT2D eigenvalue weighted by molar-refractivity contribution is 5.76. The Morgan fingerprint density at radius 2 is 2.24 bits per heavy atom. The van der Waals surface area contributed by atoms with Gasteiger partial charge in [-0.25, -0.2) is 4.79 Å². The number of rotatable bonds is 6. The molecule has 0 fully saturated rings. The molecule has 0 saturated heterocycles. The molecule has 0 aliphatic carbocycles. The second-order valence-electron chi connectivity index (χ2n) is 3.64. The Labute approximate surface area is 101 Å². The van der Waals surface area contributed by atoms with Gasteiger partial charge in [0, 0.05) is 7.11 Å². The summed E-state index contributed by atoms with van der Waals surface area (Å²) in [6.45, 7) is 2.58. The number of carbonyl (C=O) groups is 1. The molecule has 0 spiro atoms. The lowest BCUT2D eigenvalue weighted by Crippen LogP contribution is -2.15. The number of methoxy groups -OCH3 is 1. The van der Waals surface area contributed by atoms with Crippen LogP contribution >= 0.6 is 0 Å². The van der Waals surface area contributed by atoms with Crippen molar-refractivity contribution in [2.75, 3.05) is 20.3 Å². The molecule has 1 N–H and O–H groups in total. The minimum Gasteiger partial charge on any atom is -0.464 e. The number of ether oxygens (including phenoxy) is 2. The Balaban J connectivity index is 2.72. The molecule has 4 nitrogen and oxygen atoms in total. The normalized spacial score (nSPS) is 12.2. The molecule has 1 aromatic rings. The molecule has 0 heterocycles. The van der Waals surface area contributed by atoms with Crippen LogP contribution in [-0.2, 0) is 20.7 Å². The average Bonchev–Trinajstić information content (AvgIpc) is 2.36. The van der Waals surface area contributed by atoms with Gasteiger partial charge in [-0.1, -0.05) is 24.3 Å². The summed E-state index contributed by atoms with van der Waals surface area (Å²) in [5.74, 6) is -0.614. The van der Waals surface area contributed by atoms with Crippen LogP contribution in [0.5, 0.6) is 0 Å². The summed E-state index contributed by atoms with van der Waals surface area (Å²) in [4.78, 5) is 11.4. The smallest absolute Gasteiger partial charge is 0.339 e. The van der Waals surface area contributed by atoms with E-state index in [1.807, 2.05) is 12.1 Å². The van der Waals surface area contributed by atoms with Crippen molar-refractivity contribution in [3.05, 3.63) is 35.4 Å². The third-order valence-corrected chi connectivity index (χ3v) is 2.37. The summed E-state index contributed by atoms with van der Waals surface area (Å²) >= 11 is 0. The standard InChI is InChI=1S/C13H18O4/c1-3-17-13(15)12(14)11-6-4-5-10(9-11)7-8-16-2/h4-6,9,12,14H,3,7-8H2,1-2H3. The minimum atomic E-state index is -1.21. The number of hydrogen-bond donors (Lipinski definition) is 1. The SMILES string of the molecule is CCOC(=O)C(O)c1cccc(CCOC)c1. The van der Waals surface area contributed by atoms with E-state index < -0.39 is 12.1 Å². The summed E-state index contributed by atoms with van der Waals surface area (Å²) in [5, 5.41) is 9.76. The first-order chi connectivity index (χ1) is 8.19. The van der Waals surface area contributed by atoms with E-state index in [1.54, 1.807) is 26.2 Å². The number of carbonyl (C=O) groups excluding carboxylic acids is 1. The number of esters is 1. The molecule has 0 aliphatic heterocycles. The number of aliphatic hydroxyl groups excluding tert-OH is 1. The second-order valence-corrected chi connectivity index (χ2v) is 3.64. The first-order valence-electron chi connectivity index (χ1n) is 5.61. The first kappa shape index (κ1) is 13.7. The zero-order chi connectivity index (χ0) is 12.7. The van der Waals surface area contributed by atoms with Crippen LogP contribution < -0.4 is 0 Å². The van der Waals surface area contributed by atoms with E-state index in [1.165, 1.54) is 0 Å². The van der Waals surface area contributed by atoms with E-state index in [0.717, 1.165) is 12.0 Å². The largest absolute Gasteiger partial charge is 0.464 e. The van der Waals surface area contributed by atoms with E-state index in [-0.39, 0.29) is 6.61 Å². The lowest BCUT2D eigenvalue weighted by atomic mass is 10.0. The Kier molecular flexibility index (Phi) is 5.66. The highest BCUT2D eigenvalue weighted by Gasteiger charge is 2.18. The van der Waals surface area contributed by atoms with Gasteiger partial charge in [-0.15, -0.1) is 0 Å². The molecule has 1 rings (SSSR count). The van der Waals surface area contributed by atoms with Gasteiger partial charge in [0.05, 0.1) is 13.2 Å². The van der Waals surface area contributed by atoms with Gasteiger partial charge in [0.15, 0.2) is 6.10 Å². The number of aliphatic hydroxyl groups is 1. The van der Waals surface area contributed by atoms with Crippen molar-refractivity contribution in [2.24, 2.45) is 0 Å². The van der Waals surface area contributed by atoms with Crippen LogP contribution in [0.2, 0.25) is 0 Å². The molecule has 94 valence electrons. The maximum absolute atomic E-state index is 11.4. The van der Waals surface area contributed by atoms with E-state index in [2.05, 4.69) is 0 Å². The average molecular weight is 238 g/mol. The molecule has 1 aromatic carbocycles. The third kappa shape index (κ3) is 4.17. The van der Waals surface area contributed by atoms with Crippen LogP contribution in [0.3, 0.4) is 0 Å². The van der Waals surface area contributed by atoms with Crippen molar-refractivity contribution in [2.45, 2.75) is 19.4 Å². The van der Waals surface area contributed by atoms with E-state index in [0.29, 0.717) is 12.2 Å². The second kappa shape index (κ2) is 7.04. The van der Waals surface area contributed by atoms with Crippen LogP contribution in [-0.4, -0.2) is 31.4 Å². The molecule has 0 radical (unpaired) electrons. The molecule has 0 saturated carbocycles. The summed E-state index contributed by atoms with van der Waals surface area (Å²) in [5.41, 5.74) is 1.57. The summed E-state index contributed by atoms with van der Waals surface area (Å²) in [7, 11) is 1.64. The molecule has 4 heteroatoms. The van der Waals surface area contributed by atoms with Crippen LogP contribution in [0, 0.1) is 0 Å². The summed E-state index contributed by atoms with van der Waals surface area (Å²) in [6.07, 6.45) is -0.461.